The Morgan fingerprint density at radius 3 is 2.27 bits per heavy atom. The van der Waals surface area contributed by atoms with Crippen LogP contribution in [0.4, 0.5) is 48.3 Å². The number of piperazine rings is 1. The first kappa shape index (κ1) is 26.4. The Morgan fingerprint density at radius 2 is 1.59 bits per heavy atom. The van der Waals surface area contributed by atoms with Crippen molar-refractivity contribution in [3.8, 4) is 6.01 Å². The van der Waals surface area contributed by atoms with Gasteiger partial charge in [-0.25, -0.2) is 4.39 Å². The average Bonchev–Trinajstić information content (AvgIpc) is 2.84. The number of halogens is 7. The highest BCUT2D eigenvalue weighted by Crippen LogP contribution is 2.31. The molecule has 0 aliphatic carbocycles. The summed E-state index contributed by atoms with van der Waals surface area (Å²) in [4.78, 5) is 15.6. The monoisotopic (exact) mass is 530 g/mol. The van der Waals surface area contributed by atoms with Gasteiger partial charge in [0.15, 0.2) is 6.61 Å². The van der Waals surface area contributed by atoms with Crippen LogP contribution in [0.25, 0.3) is 0 Å². The maximum atomic E-state index is 14.0. The van der Waals surface area contributed by atoms with Crippen LogP contribution in [0.3, 0.4) is 0 Å². The van der Waals surface area contributed by atoms with Crippen molar-refractivity contribution in [1.29, 1.82) is 0 Å². The maximum absolute atomic E-state index is 14.0. The van der Waals surface area contributed by atoms with Gasteiger partial charge >= 0.3 is 18.4 Å². The van der Waals surface area contributed by atoms with Crippen molar-refractivity contribution < 1.29 is 35.5 Å². The van der Waals surface area contributed by atoms with E-state index < -0.39 is 30.5 Å². The van der Waals surface area contributed by atoms with Gasteiger partial charge < -0.3 is 15.0 Å². The molecule has 1 saturated heterocycles. The lowest BCUT2D eigenvalue weighted by Gasteiger charge is -2.34. The van der Waals surface area contributed by atoms with E-state index in [1.165, 1.54) is 18.2 Å². The fraction of sp³-hybridized carbons (Fsp3) is 0.348. The number of aromatic nitrogens is 3. The van der Waals surface area contributed by atoms with Gasteiger partial charge in [-0.05, 0) is 24.3 Å². The summed E-state index contributed by atoms with van der Waals surface area (Å²) < 4.78 is 95.9. The van der Waals surface area contributed by atoms with Crippen LogP contribution in [0.15, 0.2) is 48.5 Å². The van der Waals surface area contributed by atoms with Crippen LogP contribution in [-0.2, 0) is 12.7 Å². The highest BCUT2D eigenvalue weighted by Gasteiger charge is 2.31. The van der Waals surface area contributed by atoms with Crippen LogP contribution in [0.5, 0.6) is 6.01 Å². The second-order valence-electron chi connectivity index (χ2n) is 8.20. The third kappa shape index (κ3) is 7.41. The Labute approximate surface area is 206 Å². The first-order valence-corrected chi connectivity index (χ1v) is 11.1. The van der Waals surface area contributed by atoms with Crippen molar-refractivity contribution >= 4 is 17.6 Å². The first-order chi connectivity index (χ1) is 17.5. The van der Waals surface area contributed by atoms with E-state index >= 15 is 0 Å². The Morgan fingerprint density at radius 1 is 0.865 bits per heavy atom. The molecule has 0 unspecified atom stereocenters. The topological polar surface area (TPSA) is 66.4 Å². The predicted molar refractivity (Wildman–Crippen MR) is 120 cm³/mol. The highest BCUT2D eigenvalue weighted by molar-refractivity contribution is 5.56. The zero-order valence-corrected chi connectivity index (χ0v) is 19.2. The lowest BCUT2D eigenvalue weighted by atomic mass is 10.2. The van der Waals surface area contributed by atoms with E-state index in [1.54, 1.807) is 23.1 Å². The molecule has 37 heavy (non-hydrogen) atoms. The third-order valence-corrected chi connectivity index (χ3v) is 5.42. The normalized spacial score (nSPS) is 15.1. The molecule has 3 aromatic rings. The molecule has 0 amide bonds. The van der Waals surface area contributed by atoms with E-state index in [-0.39, 0.29) is 23.4 Å². The van der Waals surface area contributed by atoms with E-state index in [1.807, 2.05) is 4.90 Å². The summed E-state index contributed by atoms with van der Waals surface area (Å²) >= 11 is 0. The molecular weight excluding hydrogens is 509 g/mol. The average molecular weight is 530 g/mol. The minimum Gasteiger partial charge on any atom is -0.454 e. The predicted octanol–water partition coefficient (Wildman–Crippen LogP) is 5.04. The van der Waals surface area contributed by atoms with Crippen molar-refractivity contribution in [3.05, 3.63) is 65.5 Å². The molecule has 1 aromatic heterocycles. The van der Waals surface area contributed by atoms with Crippen LogP contribution in [0, 0.1) is 5.82 Å². The van der Waals surface area contributed by atoms with Gasteiger partial charge in [-0.3, -0.25) is 4.90 Å². The van der Waals surface area contributed by atoms with E-state index in [2.05, 4.69) is 25.0 Å². The fourth-order valence-corrected chi connectivity index (χ4v) is 3.63. The number of benzene rings is 2. The van der Waals surface area contributed by atoms with Crippen molar-refractivity contribution in [3.63, 3.8) is 0 Å². The Balaban J connectivity index is 1.51. The summed E-state index contributed by atoms with van der Waals surface area (Å²) in [6.07, 6.45) is -9.25. The minimum absolute atomic E-state index is 0.00723. The molecule has 1 N–H and O–H groups in total. The lowest BCUT2D eigenvalue weighted by molar-refractivity contribution is -0.154. The van der Waals surface area contributed by atoms with E-state index in [0.29, 0.717) is 38.3 Å². The number of rotatable bonds is 7. The summed E-state index contributed by atoms with van der Waals surface area (Å²) in [5.41, 5.74) is -0.415. The molecule has 0 radical (unpaired) electrons. The van der Waals surface area contributed by atoms with Gasteiger partial charge in [0.1, 0.15) is 5.82 Å². The third-order valence-electron chi connectivity index (χ3n) is 5.42. The number of nitrogens with one attached hydrogen (secondary N) is 1. The van der Waals surface area contributed by atoms with E-state index in [0.717, 1.165) is 12.1 Å². The molecule has 4 rings (SSSR count). The number of alkyl halides is 6. The molecule has 0 bridgehead atoms. The standard InChI is InChI=1S/C23H21F7N6O/c24-18-7-2-1-4-15(18)13-35-8-10-36(11-9-35)20-32-19(33-21(34-20)37-14-22(25,26)27)31-17-6-3-5-16(12-17)23(28,29)30/h1-7,12H,8-11,13-14H2,(H,31,32,33,34). The van der Waals surface area contributed by atoms with Gasteiger partial charge in [0.2, 0.25) is 11.9 Å². The summed E-state index contributed by atoms with van der Waals surface area (Å²) in [7, 11) is 0. The van der Waals surface area contributed by atoms with Crippen molar-refractivity contribution in [1.82, 2.24) is 19.9 Å². The first-order valence-electron chi connectivity index (χ1n) is 11.1. The van der Waals surface area contributed by atoms with Gasteiger partial charge in [0.05, 0.1) is 5.56 Å². The van der Waals surface area contributed by atoms with Crippen molar-refractivity contribution in [2.24, 2.45) is 0 Å². The summed E-state index contributed by atoms with van der Waals surface area (Å²) in [5.74, 6) is -0.610. The van der Waals surface area contributed by atoms with Crippen molar-refractivity contribution in [2.45, 2.75) is 18.9 Å². The molecule has 0 saturated carbocycles. The van der Waals surface area contributed by atoms with Gasteiger partial charge in [0, 0.05) is 44.0 Å². The molecule has 1 aliphatic heterocycles. The summed E-state index contributed by atoms with van der Waals surface area (Å²) in [6.45, 7) is 0.403. The van der Waals surface area contributed by atoms with Crippen molar-refractivity contribution in [2.75, 3.05) is 43.0 Å². The number of ether oxygens (including phenoxy) is 1. The molecule has 2 aromatic carbocycles. The Hall–Kier alpha value is -3.68. The van der Waals surface area contributed by atoms with Gasteiger partial charge in [-0.15, -0.1) is 0 Å². The maximum Gasteiger partial charge on any atom is 0.422 e. The molecule has 0 atom stereocenters. The van der Waals surface area contributed by atoms with Crippen LogP contribution in [0.1, 0.15) is 11.1 Å². The molecule has 0 spiro atoms. The molecule has 198 valence electrons. The number of hydrogen-bond donors (Lipinski definition) is 1. The van der Waals surface area contributed by atoms with E-state index in [9.17, 15) is 30.7 Å². The minimum atomic E-state index is -4.65. The highest BCUT2D eigenvalue weighted by atomic mass is 19.4. The second kappa shape index (κ2) is 10.7. The van der Waals surface area contributed by atoms with Gasteiger partial charge in [0.25, 0.3) is 0 Å². The van der Waals surface area contributed by atoms with Gasteiger partial charge in [-0.2, -0.15) is 41.3 Å². The summed E-state index contributed by atoms with van der Waals surface area (Å²) in [5, 5.41) is 2.58. The zero-order chi connectivity index (χ0) is 26.6. The zero-order valence-electron chi connectivity index (χ0n) is 19.2. The quantitative estimate of drug-likeness (QED) is 0.430. The van der Waals surface area contributed by atoms with Crippen LogP contribution < -0.4 is 15.0 Å². The molecule has 1 fully saturated rings. The molecule has 1 aliphatic rings. The lowest BCUT2D eigenvalue weighted by Crippen LogP contribution is -2.46. The largest absolute Gasteiger partial charge is 0.454 e. The van der Waals surface area contributed by atoms with Crippen LogP contribution in [-0.4, -0.2) is 58.8 Å². The number of hydrogen-bond acceptors (Lipinski definition) is 7. The molecule has 14 heteroatoms. The molecule has 7 nitrogen and oxygen atoms in total. The van der Waals surface area contributed by atoms with Crippen LogP contribution in [0.2, 0.25) is 0 Å². The Bertz CT molecular complexity index is 1210. The van der Waals surface area contributed by atoms with E-state index in [4.69, 9.17) is 0 Å². The second-order valence-corrected chi connectivity index (χ2v) is 8.20. The van der Waals surface area contributed by atoms with Gasteiger partial charge in [-0.1, -0.05) is 24.3 Å². The van der Waals surface area contributed by atoms with Crippen LogP contribution >= 0.6 is 0 Å². The number of nitrogens with zero attached hydrogens (tertiary/aromatic N) is 5. The fourth-order valence-electron chi connectivity index (χ4n) is 3.63. The smallest absolute Gasteiger partial charge is 0.422 e. The molecule has 2 heterocycles. The SMILES string of the molecule is Fc1ccccc1CN1CCN(c2nc(Nc3cccc(C(F)(F)F)c3)nc(OCC(F)(F)F)n2)CC1. The summed E-state index contributed by atoms with van der Waals surface area (Å²) in [6, 6.07) is 9.96. The number of anilines is 3. The Kier molecular flexibility index (Phi) is 7.66. The molecular formula is C23H21F7N6O.